The summed E-state index contributed by atoms with van der Waals surface area (Å²) < 4.78 is 2.14. The fraction of sp³-hybridized carbons (Fsp3) is 0.429. The summed E-state index contributed by atoms with van der Waals surface area (Å²) in [6, 6.07) is 5.15. The van der Waals surface area contributed by atoms with Gasteiger partial charge in [-0.05, 0) is 36.8 Å². The Morgan fingerprint density at radius 3 is 3.11 bits per heavy atom. The van der Waals surface area contributed by atoms with Crippen LogP contribution in [0.5, 0.6) is 0 Å². The molecule has 0 aliphatic carbocycles. The van der Waals surface area contributed by atoms with Gasteiger partial charge in [-0.25, -0.2) is 9.78 Å². The molecule has 0 saturated carbocycles. The van der Waals surface area contributed by atoms with Crippen molar-refractivity contribution in [3.8, 4) is 0 Å². The first-order valence-corrected chi connectivity index (χ1v) is 7.59. The second kappa shape index (κ2) is 5.25. The first-order chi connectivity index (χ1) is 9.24. The summed E-state index contributed by atoms with van der Waals surface area (Å²) in [7, 11) is 0. The van der Waals surface area contributed by atoms with Crippen LogP contribution in [0.2, 0.25) is 0 Å². The molecule has 0 spiro atoms. The zero-order chi connectivity index (χ0) is 13.2. The zero-order valence-electron chi connectivity index (χ0n) is 10.6. The van der Waals surface area contributed by atoms with E-state index in [1.807, 2.05) is 24.2 Å². The number of nitrogens with zero attached hydrogens (tertiary/aromatic N) is 2. The molecule has 0 bridgehead atoms. The summed E-state index contributed by atoms with van der Waals surface area (Å²) in [5, 5.41) is 9.63. The van der Waals surface area contributed by atoms with Gasteiger partial charge in [0, 0.05) is 11.8 Å². The Morgan fingerprint density at radius 1 is 1.47 bits per heavy atom. The third-order valence-corrected chi connectivity index (χ3v) is 4.92. The SMILES string of the molecule is O=C(O)c1ccc2c(c1)ncn2CC1CCCCS1. The van der Waals surface area contributed by atoms with Crippen molar-refractivity contribution in [1.82, 2.24) is 9.55 Å². The Labute approximate surface area is 115 Å². The van der Waals surface area contributed by atoms with Gasteiger partial charge in [0.25, 0.3) is 0 Å². The third-order valence-electron chi connectivity index (χ3n) is 3.54. The average molecular weight is 276 g/mol. The molecule has 1 aromatic heterocycles. The molecule has 1 saturated heterocycles. The summed E-state index contributed by atoms with van der Waals surface area (Å²) >= 11 is 2.04. The minimum atomic E-state index is -0.903. The van der Waals surface area contributed by atoms with Crippen LogP contribution in [-0.4, -0.2) is 31.6 Å². The highest BCUT2D eigenvalue weighted by atomic mass is 32.2. The van der Waals surface area contributed by atoms with Crippen molar-refractivity contribution in [2.75, 3.05) is 5.75 Å². The predicted octanol–water partition coefficient (Wildman–Crippen LogP) is 3.02. The number of hydrogen-bond acceptors (Lipinski definition) is 3. The standard InChI is InChI=1S/C14H16N2O2S/c17-14(18)10-4-5-13-12(7-10)15-9-16(13)8-11-3-1-2-6-19-11/h4-5,7,9,11H,1-3,6,8H2,(H,17,18). The van der Waals surface area contributed by atoms with Crippen LogP contribution in [0.4, 0.5) is 0 Å². The number of aromatic nitrogens is 2. The van der Waals surface area contributed by atoms with Crippen molar-refractivity contribution in [1.29, 1.82) is 0 Å². The van der Waals surface area contributed by atoms with E-state index >= 15 is 0 Å². The lowest BCUT2D eigenvalue weighted by atomic mass is 10.2. The second-order valence-electron chi connectivity index (χ2n) is 4.89. The largest absolute Gasteiger partial charge is 0.478 e. The van der Waals surface area contributed by atoms with Gasteiger partial charge in [0.2, 0.25) is 0 Å². The van der Waals surface area contributed by atoms with Crippen LogP contribution in [0, 0.1) is 0 Å². The Kier molecular flexibility index (Phi) is 3.46. The van der Waals surface area contributed by atoms with E-state index in [1.165, 1.54) is 25.0 Å². The molecular weight excluding hydrogens is 260 g/mol. The number of fused-ring (bicyclic) bond motifs is 1. The van der Waals surface area contributed by atoms with E-state index in [0.29, 0.717) is 10.8 Å². The van der Waals surface area contributed by atoms with Crippen LogP contribution >= 0.6 is 11.8 Å². The van der Waals surface area contributed by atoms with Gasteiger partial charge in [-0.3, -0.25) is 0 Å². The van der Waals surface area contributed by atoms with Gasteiger partial charge in [0.05, 0.1) is 22.9 Å². The number of carboxylic acid groups (broad SMARTS) is 1. The summed E-state index contributed by atoms with van der Waals surface area (Å²) in [6.45, 7) is 0.966. The van der Waals surface area contributed by atoms with Crippen molar-refractivity contribution >= 4 is 28.8 Å². The smallest absolute Gasteiger partial charge is 0.335 e. The number of rotatable bonds is 3. The zero-order valence-corrected chi connectivity index (χ0v) is 11.4. The van der Waals surface area contributed by atoms with E-state index in [0.717, 1.165) is 17.6 Å². The van der Waals surface area contributed by atoms with Gasteiger partial charge in [-0.2, -0.15) is 11.8 Å². The molecule has 3 rings (SSSR count). The lowest BCUT2D eigenvalue weighted by molar-refractivity contribution is 0.0697. The molecule has 1 unspecified atom stereocenters. The number of thioether (sulfide) groups is 1. The van der Waals surface area contributed by atoms with Gasteiger partial charge in [0.1, 0.15) is 0 Å². The Morgan fingerprint density at radius 2 is 2.37 bits per heavy atom. The monoisotopic (exact) mass is 276 g/mol. The van der Waals surface area contributed by atoms with Gasteiger partial charge >= 0.3 is 5.97 Å². The molecule has 4 nitrogen and oxygen atoms in total. The average Bonchev–Trinajstić information content (AvgIpc) is 2.82. The molecule has 1 N–H and O–H groups in total. The van der Waals surface area contributed by atoms with Crippen LogP contribution < -0.4 is 0 Å². The molecule has 100 valence electrons. The van der Waals surface area contributed by atoms with E-state index < -0.39 is 5.97 Å². The maximum atomic E-state index is 10.9. The molecule has 0 radical (unpaired) electrons. The summed E-state index contributed by atoms with van der Waals surface area (Å²) in [5.74, 6) is 0.347. The summed E-state index contributed by atoms with van der Waals surface area (Å²) in [6.07, 6.45) is 5.73. The number of imidazole rings is 1. The molecule has 0 amide bonds. The quantitative estimate of drug-likeness (QED) is 0.936. The number of hydrogen-bond donors (Lipinski definition) is 1. The number of benzene rings is 1. The Hall–Kier alpha value is -1.49. The van der Waals surface area contributed by atoms with Crippen molar-refractivity contribution in [3.63, 3.8) is 0 Å². The van der Waals surface area contributed by atoms with E-state index in [2.05, 4.69) is 9.55 Å². The molecule has 1 aromatic carbocycles. The van der Waals surface area contributed by atoms with E-state index in [-0.39, 0.29) is 0 Å². The normalized spacial score (nSPS) is 19.7. The first-order valence-electron chi connectivity index (χ1n) is 6.54. The molecule has 2 heterocycles. The maximum Gasteiger partial charge on any atom is 0.335 e. The van der Waals surface area contributed by atoms with Crippen LogP contribution in [0.3, 0.4) is 0 Å². The summed E-state index contributed by atoms with van der Waals surface area (Å²) in [5.41, 5.74) is 2.08. The van der Waals surface area contributed by atoms with Gasteiger partial charge in [0.15, 0.2) is 0 Å². The van der Waals surface area contributed by atoms with Crippen LogP contribution in [0.25, 0.3) is 11.0 Å². The fourth-order valence-electron chi connectivity index (χ4n) is 2.51. The summed E-state index contributed by atoms with van der Waals surface area (Å²) in [4.78, 5) is 15.2. The highest BCUT2D eigenvalue weighted by molar-refractivity contribution is 7.99. The van der Waals surface area contributed by atoms with Crippen LogP contribution in [0.1, 0.15) is 29.6 Å². The molecule has 5 heteroatoms. The maximum absolute atomic E-state index is 10.9. The first kappa shape index (κ1) is 12.5. The lowest BCUT2D eigenvalue weighted by Gasteiger charge is -2.21. The number of carbonyl (C=O) groups is 1. The predicted molar refractivity (Wildman–Crippen MR) is 76.8 cm³/mol. The van der Waals surface area contributed by atoms with Crippen molar-refractivity contribution < 1.29 is 9.90 Å². The van der Waals surface area contributed by atoms with E-state index in [9.17, 15) is 4.79 Å². The highest BCUT2D eigenvalue weighted by Crippen LogP contribution is 2.27. The topological polar surface area (TPSA) is 55.1 Å². The minimum absolute atomic E-state index is 0.296. The lowest BCUT2D eigenvalue weighted by Crippen LogP contribution is -2.16. The second-order valence-corrected chi connectivity index (χ2v) is 6.30. The van der Waals surface area contributed by atoms with Crippen molar-refractivity contribution in [3.05, 3.63) is 30.1 Å². The van der Waals surface area contributed by atoms with Crippen LogP contribution in [-0.2, 0) is 6.54 Å². The van der Waals surface area contributed by atoms with Crippen molar-refractivity contribution in [2.45, 2.75) is 31.1 Å². The highest BCUT2D eigenvalue weighted by Gasteiger charge is 2.16. The molecule has 2 aromatic rings. The van der Waals surface area contributed by atoms with Gasteiger partial charge < -0.3 is 9.67 Å². The Bertz CT molecular complexity index is 603. The van der Waals surface area contributed by atoms with Gasteiger partial charge in [-0.1, -0.05) is 6.42 Å². The molecule has 1 aliphatic rings. The fourth-order valence-corrected chi connectivity index (χ4v) is 3.82. The Balaban J connectivity index is 1.86. The van der Waals surface area contributed by atoms with E-state index in [4.69, 9.17) is 5.11 Å². The molecule has 19 heavy (non-hydrogen) atoms. The molecule has 1 aliphatic heterocycles. The minimum Gasteiger partial charge on any atom is -0.478 e. The van der Waals surface area contributed by atoms with Gasteiger partial charge in [-0.15, -0.1) is 0 Å². The molecular formula is C14H16N2O2S. The third kappa shape index (κ3) is 2.61. The molecule has 1 atom stereocenters. The van der Waals surface area contributed by atoms with Crippen molar-refractivity contribution in [2.24, 2.45) is 0 Å². The van der Waals surface area contributed by atoms with E-state index in [1.54, 1.807) is 12.1 Å². The van der Waals surface area contributed by atoms with Crippen LogP contribution in [0.15, 0.2) is 24.5 Å². The molecule has 1 fully saturated rings. The number of aromatic carboxylic acids is 1. The number of carboxylic acids is 1.